The topological polar surface area (TPSA) is 52.4 Å². The molecule has 2 saturated heterocycles. The van der Waals surface area contributed by atoms with Crippen molar-refractivity contribution in [3.8, 4) is 0 Å². The van der Waals surface area contributed by atoms with Crippen molar-refractivity contribution in [1.29, 1.82) is 0 Å². The molecule has 0 N–H and O–H groups in total. The predicted molar refractivity (Wildman–Crippen MR) is 69.8 cm³/mol. The highest BCUT2D eigenvalue weighted by Gasteiger charge is 2.24. The molecule has 2 aliphatic heterocycles. The second-order valence-electron chi connectivity index (χ2n) is 5.36. The zero-order valence-electron chi connectivity index (χ0n) is 11.3. The molecule has 0 saturated carbocycles. The van der Waals surface area contributed by atoms with Gasteiger partial charge < -0.3 is 9.47 Å². The molecule has 6 heteroatoms. The summed E-state index contributed by atoms with van der Waals surface area (Å²) in [5.41, 5.74) is 0. The van der Waals surface area contributed by atoms with Crippen molar-refractivity contribution >= 4 is 0 Å². The Morgan fingerprint density at radius 2 is 2.05 bits per heavy atom. The van der Waals surface area contributed by atoms with Crippen LogP contribution in [0.2, 0.25) is 0 Å². The lowest BCUT2D eigenvalue weighted by Gasteiger charge is -2.35. The Bertz CT molecular complexity index is 365. The third kappa shape index (κ3) is 3.75. The van der Waals surface area contributed by atoms with E-state index in [1.54, 1.807) is 12.7 Å². The van der Waals surface area contributed by atoms with Crippen LogP contribution in [0.3, 0.4) is 0 Å². The SMILES string of the molecule is c1ncn(C[C@@H]2CN(C[C@H]3CCCCO3)CCO2)n1. The molecule has 0 bridgehead atoms. The van der Waals surface area contributed by atoms with E-state index in [1.165, 1.54) is 19.3 Å². The van der Waals surface area contributed by atoms with Crippen LogP contribution in [-0.2, 0) is 16.0 Å². The van der Waals surface area contributed by atoms with Crippen molar-refractivity contribution in [1.82, 2.24) is 19.7 Å². The summed E-state index contributed by atoms with van der Waals surface area (Å²) in [6, 6.07) is 0. The molecule has 2 atom stereocenters. The smallest absolute Gasteiger partial charge is 0.137 e. The van der Waals surface area contributed by atoms with Crippen molar-refractivity contribution in [3.05, 3.63) is 12.7 Å². The van der Waals surface area contributed by atoms with Gasteiger partial charge in [0, 0.05) is 26.2 Å². The van der Waals surface area contributed by atoms with Gasteiger partial charge in [-0.1, -0.05) is 0 Å². The van der Waals surface area contributed by atoms with E-state index in [2.05, 4.69) is 15.0 Å². The fourth-order valence-corrected chi connectivity index (χ4v) is 2.83. The molecular formula is C13H22N4O2. The van der Waals surface area contributed by atoms with Crippen molar-refractivity contribution in [2.75, 3.05) is 32.8 Å². The largest absolute Gasteiger partial charge is 0.377 e. The summed E-state index contributed by atoms with van der Waals surface area (Å²) in [6.45, 7) is 5.51. The monoisotopic (exact) mass is 266 g/mol. The maximum Gasteiger partial charge on any atom is 0.137 e. The van der Waals surface area contributed by atoms with E-state index in [0.717, 1.165) is 39.4 Å². The summed E-state index contributed by atoms with van der Waals surface area (Å²) in [5.74, 6) is 0. The Kier molecular flexibility index (Phi) is 4.42. The van der Waals surface area contributed by atoms with E-state index in [1.807, 2.05) is 4.68 Å². The molecule has 0 radical (unpaired) electrons. The summed E-state index contributed by atoms with van der Waals surface area (Å²) in [6.07, 6.45) is 7.65. The van der Waals surface area contributed by atoms with Crippen LogP contribution < -0.4 is 0 Å². The highest BCUT2D eigenvalue weighted by atomic mass is 16.5. The van der Waals surface area contributed by atoms with Crippen LogP contribution in [0.5, 0.6) is 0 Å². The third-order valence-corrected chi connectivity index (χ3v) is 3.82. The maximum absolute atomic E-state index is 5.81. The van der Waals surface area contributed by atoms with Gasteiger partial charge in [-0.25, -0.2) is 4.98 Å². The molecule has 106 valence electrons. The van der Waals surface area contributed by atoms with Crippen LogP contribution >= 0.6 is 0 Å². The number of morpholine rings is 1. The van der Waals surface area contributed by atoms with Crippen molar-refractivity contribution in [2.45, 2.75) is 38.0 Å². The lowest BCUT2D eigenvalue weighted by atomic mass is 10.1. The number of aromatic nitrogens is 3. The van der Waals surface area contributed by atoms with Crippen molar-refractivity contribution in [2.24, 2.45) is 0 Å². The number of hydrogen-bond acceptors (Lipinski definition) is 5. The molecule has 0 amide bonds. The van der Waals surface area contributed by atoms with Gasteiger partial charge in [0.15, 0.2) is 0 Å². The number of hydrogen-bond donors (Lipinski definition) is 0. The molecule has 3 rings (SSSR count). The zero-order chi connectivity index (χ0) is 12.9. The first-order valence-corrected chi connectivity index (χ1v) is 7.18. The lowest BCUT2D eigenvalue weighted by Crippen LogP contribution is -2.47. The van der Waals surface area contributed by atoms with Crippen LogP contribution in [-0.4, -0.2) is 64.7 Å². The molecule has 0 aromatic carbocycles. The minimum atomic E-state index is 0.207. The van der Waals surface area contributed by atoms with Crippen molar-refractivity contribution in [3.63, 3.8) is 0 Å². The Balaban J connectivity index is 1.47. The summed E-state index contributed by atoms with van der Waals surface area (Å²) in [4.78, 5) is 6.42. The quantitative estimate of drug-likeness (QED) is 0.796. The summed E-state index contributed by atoms with van der Waals surface area (Å²) in [5, 5.41) is 4.13. The van der Waals surface area contributed by atoms with E-state index in [9.17, 15) is 0 Å². The molecule has 2 aliphatic rings. The Morgan fingerprint density at radius 1 is 1.11 bits per heavy atom. The average molecular weight is 266 g/mol. The molecular weight excluding hydrogens is 244 g/mol. The predicted octanol–water partition coefficient (Wildman–Crippen LogP) is 0.548. The fourth-order valence-electron chi connectivity index (χ4n) is 2.83. The molecule has 2 fully saturated rings. The standard InChI is InChI=1S/C13H22N4O2/c1-2-5-18-12(3-1)7-16-4-6-19-13(8-16)9-17-11-14-10-15-17/h10-13H,1-9H2/t12-,13+/m1/s1. The molecule has 3 heterocycles. The van der Waals surface area contributed by atoms with Gasteiger partial charge in [-0.3, -0.25) is 9.58 Å². The maximum atomic E-state index is 5.81. The molecule has 6 nitrogen and oxygen atoms in total. The minimum Gasteiger partial charge on any atom is -0.377 e. The van der Waals surface area contributed by atoms with Gasteiger partial charge in [0.2, 0.25) is 0 Å². The molecule has 0 unspecified atom stereocenters. The Labute approximate surface area is 113 Å². The van der Waals surface area contributed by atoms with Gasteiger partial charge >= 0.3 is 0 Å². The van der Waals surface area contributed by atoms with Gasteiger partial charge in [0.1, 0.15) is 12.7 Å². The van der Waals surface area contributed by atoms with E-state index < -0.39 is 0 Å². The third-order valence-electron chi connectivity index (χ3n) is 3.82. The van der Waals surface area contributed by atoms with Gasteiger partial charge in [-0.15, -0.1) is 0 Å². The first-order chi connectivity index (χ1) is 9.40. The number of ether oxygens (including phenoxy) is 2. The van der Waals surface area contributed by atoms with E-state index in [0.29, 0.717) is 6.10 Å². The van der Waals surface area contributed by atoms with Crippen molar-refractivity contribution < 1.29 is 9.47 Å². The second-order valence-corrected chi connectivity index (χ2v) is 5.36. The Hall–Kier alpha value is -0.980. The first-order valence-electron chi connectivity index (χ1n) is 7.18. The van der Waals surface area contributed by atoms with Crippen LogP contribution in [0.15, 0.2) is 12.7 Å². The first kappa shape index (κ1) is 13.0. The molecule has 19 heavy (non-hydrogen) atoms. The van der Waals surface area contributed by atoms with Crippen LogP contribution in [0.1, 0.15) is 19.3 Å². The molecule has 0 spiro atoms. The number of rotatable bonds is 4. The van der Waals surface area contributed by atoms with E-state index >= 15 is 0 Å². The minimum absolute atomic E-state index is 0.207. The number of nitrogens with zero attached hydrogens (tertiary/aromatic N) is 4. The molecule has 1 aromatic rings. The second kappa shape index (κ2) is 6.45. The lowest BCUT2D eigenvalue weighted by molar-refractivity contribution is -0.0651. The molecule has 1 aromatic heterocycles. The highest BCUT2D eigenvalue weighted by molar-refractivity contribution is 4.76. The summed E-state index contributed by atoms with van der Waals surface area (Å²) in [7, 11) is 0. The Morgan fingerprint density at radius 3 is 2.84 bits per heavy atom. The van der Waals surface area contributed by atoms with Crippen LogP contribution in [0.25, 0.3) is 0 Å². The average Bonchev–Trinajstić information content (AvgIpc) is 2.93. The van der Waals surface area contributed by atoms with Gasteiger partial charge in [-0.05, 0) is 19.3 Å². The highest BCUT2D eigenvalue weighted by Crippen LogP contribution is 2.16. The van der Waals surface area contributed by atoms with Crippen LogP contribution in [0.4, 0.5) is 0 Å². The zero-order valence-corrected chi connectivity index (χ0v) is 11.3. The molecule has 0 aliphatic carbocycles. The summed E-state index contributed by atoms with van der Waals surface area (Å²) >= 11 is 0. The normalized spacial score (nSPS) is 29.5. The van der Waals surface area contributed by atoms with Gasteiger partial charge in [0.25, 0.3) is 0 Å². The van der Waals surface area contributed by atoms with Gasteiger partial charge in [-0.2, -0.15) is 5.10 Å². The fraction of sp³-hybridized carbons (Fsp3) is 0.846. The summed E-state index contributed by atoms with van der Waals surface area (Å²) < 4.78 is 13.4. The van der Waals surface area contributed by atoms with E-state index in [4.69, 9.17) is 9.47 Å². The van der Waals surface area contributed by atoms with Crippen LogP contribution in [0, 0.1) is 0 Å². The van der Waals surface area contributed by atoms with Gasteiger partial charge in [0.05, 0.1) is 25.4 Å². The van der Waals surface area contributed by atoms with E-state index in [-0.39, 0.29) is 6.10 Å².